The summed E-state index contributed by atoms with van der Waals surface area (Å²) in [6, 6.07) is 5.21. The van der Waals surface area contributed by atoms with Crippen molar-refractivity contribution in [2.24, 2.45) is 5.92 Å². The highest BCUT2D eigenvalue weighted by Crippen LogP contribution is 2.21. The number of carbonyl (C=O) groups is 1. The fourth-order valence-corrected chi connectivity index (χ4v) is 2.52. The molecule has 2 nitrogen and oxygen atoms in total. The first-order valence-corrected chi connectivity index (χ1v) is 8.23. The summed E-state index contributed by atoms with van der Waals surface area (Å²) in [5, 5.41) is 4.08. The van der Waals surface area contributed by atoms with Gasteiger partial charge in [0.05, 0.1) is 0 Å². The van der Waals surface area contributed by atoms with Gasteiger partial charge in [0.15, 0.2) is 0 Å². The van der Waals surface area contributed by atoms with Crippen LogP contribution in [0.5, 0.6) is 0 Å². The van der Waals surface area contributed by atoms with Gasteiger partial charge in [0.25, 0.3) is 0 Å². The molecule has 116 valence electrons. The molecule has 0 unspecified atom stereocenters. The monoisotopic (exact) mass is 327 g/mol. The Hall–Kier alpha value is -0.990. The summed E-state index contributed by atoms with van der Waals surface area (Å²) in [6.45, 7) is 5.08. The van der Waals surface area contributed by atoms with E-state index in [9.17, 15) is 4.79 Å². The number of rotatable bonds is 8. The van der Waals surface area contributed by atoms with Gasteiger partial charge in [-0.2, -0.15) is 0 Å². The average molecular weight is 328 g/mol. The summed E-state index contributed by atoms with van der Waals surface area (Å²) >= 11 is 11.9. The number of amides is 1. The molecule has 1 aromatic carbocycles. The lowest BCUT2D eigenvalue weighted by atomic mass is 9.99. The topological polar surface area (TPSA) is 29.1 Å². The summed E-state index contributed by atoms with van der Waals surface area (Å²) in [5.74, 6) is 0.470. The lowest BCUT2D eigenvalue weighted by molar-refractivity contribution is -0.116. The highest BCUT2D eigenvalue weighted by molar-refractivity contribution is 6.35. The van der Waals surface area contributed by atoms with Crippen LogP contribution in [0.2, 0.25) is 10.0 Å². The van der Waals surface area contributed by atoms with Gasteiger partial charge in [0.1, 0.15) is 0 Å². The Morgan fingerprint density at radius 2 is 2.10 bits per heavy atom. The number of hydrogen-bond acceptors (Lipinski definition) is 1. The zero-order valence-corrected chi connectivity index (χ0v) is 14.2. The van der Waals surface area contributed by atoms with Crippen molar-refractivity contribution in [2.45, 2.75) is 39.5 Å². The largest absolute Gasteiger partial charge is 0.352 e. The van der Waals surface area contributed by atoms with Crippen molar-refractivity contribution in [1.82, 2.24) is 5.32 Å². The molecule has 0 fully saturated rings. The lowest BCUT2D eigenvalue weighted by Gasteiger charge is -2.14. The fourth-order valence-electron chi connectivity index (χ4n) is 2.05. The van der Waals surface area contributed by atoms with E-state index in [0.717, 1.165) is 18.5 Å². The van der Waals surface area contributed by atoms with E-state index in [1.54, 1.807) is 24.3 Å². The summed E-state index contributed by atoms with van der Waals surface area (Å²) in [7, 11) is 0. The minimum atomic E-state index is -0.0871. The molecular formula is C17H23Cl2NO. The number of hydrogen-bond donors (Lipinski definition) is 1. The van der Waals surface area contributed by atoms with Crippen LogP contribution in [-0.4, -0.2) is 12.5 Å². The maximum atomic E-state index is 11.8. The third-order valence-electron chi connectivity index (χ3n) is 3.49. The van der Waals surface area contributed by atoms with Gasteiger partial charge in [0, 0.05) is 22.7 Å². The van der Waals surface area contributed by atoms with Gasteiger partial charge < -0.3 is 5.32 Å². The number of halogens is 2. The van der Waals surface area contributed by atoms with Crippen molar-refractivity contribution in [2.75, 3.05) is 6.54 Å². The Bertz CT molecular complexity index is 486. The molecule has 0 aliphatic carbocycles. The molecule has 0 saturated heterocycles. The van der Waals surface area contributed by atoms with Crippen molar-refractivity contribution in [3.8, 4) is 0 Å². The van der Waals surface area contributed by atoms with Gasteiger partial charge >= 0.3 is 0 Å². The average Bonchev–Trinajstić information content (AvgIpc) is 2.46. The van der Waals surface area contributed by atoms with Crippen LogP contribution in [0.15, 0.2) is 24.3 Å². The van der Waals surface area contributed by atoms with E-state index in [1.807, 2.05) is 0 Å². The Morgan fingerprint density at radius 1 is 1.33 bits per heavy atom. The van der Waals surface area contributed by atoms with Crippen molar-refractivity contribution in [3.05, 3.63) is 39.9 Å². The van der Waals surface area contributed by atoms with E-state index in [0.29, 0.717) is 16.0 Å². The number of benzene rings is 1. The van der Waals surface area contributed by atoms with Crippen LogP contribution in [-0.2, 0) is 4.79 Å². The molecule has 21 heavy (non-hydrogen) atoms. The second-order valence-electron chi connectivity index (χ2n) is 5.16. The molecule has 0 aromatic heterocycles. The first kappa shape index (κ1) is 18.1. The number of unbranched alkanes of at least 4 members (excludes halogenated alkanes) is 1. The quantitative estimate of drug-likeness (QED) is 0.641. The smallest absolute Gasteiger partial charge is 0.244 e. The Morgan fingerprint density at radius 3 is 2.71 bits per heavy atom. The van der Waals surface area contributed by atoms with Crippen LogP contribution in [0.3, 0.4) is 0 Å². The number of nitrogens with one attached hydrogen (secondary N) is 1. The second-order valence-corrected chi connectivity index (χ2v) is 6.00. The molecule has 0 aliphatic rings. The molecule has 0 radical (unpaired) electrons. The van der Waals surface area contributed by atoms with E-state index < -0.39 is 0 Å². The second kappa shape index (κ2) is 9.86. The zero-order chi connectivity index (χ0) is 15.7. The third-order valence-corrected chi connectivity index (χ3v) is 4.05. The van der Waals surface area contributed by atoms with Crippen molar-refractivity contribution in [3.63, 3.8) is 0 Å². The molecule has 0 aliphatic heterocycles. The van der Waals surface area contributed by atoms with Crippen LogP contribution in [0.1, 0.15) is 45.1 Å². The summed E-state index contributed by atoms with van der Waals surface area (Å²) in [4.78, 5) is 11.8. The minimum Gasteiger partial charge on any atom is -0.352 e. The van der Waals surface area contributed by atoms with Crippen LogP contribution >= 0.6 is 23.2 Å². The lowest BCUT2D eigenvalue weighted by Crippen LogP contribution is -2.27. The number of carbonyl (C=O) groups excluding carboxylic acids is 1. The molecule has 1 aromatic rings. The van der Waals surface area contributed by atoms with Crippen LogP contribution in [0.4, 0.5) is 0 Å². The van der Waals surface area contributed by atoms with E-state index in [4.69, 9.17) is 23.2 Å². The van der Waals surface area contributed by atoms with Crippen molar-refractivity contribution >= 4 is 35.2 Å². The normalized spacial score (nSPS) is 12.6. The van der Waals surface area contributed by atoms with Gasteiger partial charge in [0.2, 0.25) is 5.91 Å². The predicted molar refractivity (Wildman–Crippen MR) is 91.8 cm³/mol. The molecular weight excluding hydrogens is 305 g/mol. The Balaban J connectivity index is 2.47. The first-order valence-electron chi connectivity index (χ1n) is 7.47. The summed E-state index contributed by atoms with van der Waals surface area (Å²) in [6.07, 6.45) is 7.89. The van der Waals surface area contributed by atoms with E-state index in [-0.39, 0.29) is 5.91 Å². The molecule has 1 rings (SSSR count). The van der Waals surface area contributed by atoms with E-state index >= 15 is 0 Å². The molecule has 0 spiro atoms. The summed E-state index contributed by atoms with van der Waals surface area (Å²) < 4.78 is 0. The van der Waals surface area contributed by atoms with Gasteiger partial charge in [-0.05, 0) is 36.1 Å². The highest BCUT2D eigenvalue weighted by Gasteiger charge is 2.06. The Kier molecular flexibility index (Phi) is 8.48. The SMILES string of the molecule is CCCC[C@@H](CC)CNC(=O)/C=C/c1ccc(Cl)cc1Cl. The van der Waals surface area contributed by atoms with Gasteiger partial charge in [-0.1, -0.05) is 62.4 Å². The van der Waals surface area contributed by atoms with E-state index in [2.05, 4.69) is 19.2 Å². The third kappa shape index (κ3) is 7.01. The van der Waals surface area contributed by atoms with Gasteiger partial charge in [-0.15, -0.1) is 0 Å². The Labute approximate surface area is 137 Å². The fraction of sp³-hybridized carbons (Fsp3) is 0.471. The first-order chi connectivity index (χ1) is 10.1. The van der Waals surface area contributed by atoms with Crippen LogP contribution in [0.25, 0.3) is 6.08 Å². The molecule has 4 heteroatoms. The molecule has 0 bridgehead atoms. The standard InChI is InChI=1S/C17H23Cl2NO/c1-3-5-6-13(4-2)12-20-17(21)10-8-14-7-9-15(18)11-16(14)19/h7-11,13H,3-6,12H2,1-2H3,(H,20,21)/b10-8+/t13-/m1/s1. The van der Waals surface area contributed by atoms with Gasteiger partial charge in [-0.3, -0.25) is 4.79 Å². The highest BCUT2D eigenvalue weighted by atomic mass is 35.5. The molecule has 1 amide bonds. The molecule has 1 atom stereocenters. The van der Waals surface area contributed by atoms with Crippen molar-refractivity contribution < 1.29 is 4.79 Å². The molecule has 0 saturated carbocycles. The minimum absolute atomic E-state index is 0.0871. The predicted octanol–water partition coefficient (Wildman–Crippen LogP) is 5.34. The van der Waals surface area contributed by atoms with E-state index in [1.165, 1.54) is 25.3 Å². The maximum absolute atomic E-state index is 11.8. The summed E-state index contributed by atoms with van der Waals surface area (Å²) in [5.41, 5.74) is 0.786. The molecule has 0 heterocycles. The van der Waals surface area contributed by atoms with Gasteiger partial charge in [-0.25, -0.2) is 0 Å². The maximum Gasteiger partial charge on any atom is 0.244 e. The van der Waals surface area contributed by atoms with Crippen LogP contribution in [0, 0.1) is 5.92 Å². The molecule has 1 N–H and O–H groups in total. The van der Waals surface area contributed by atoms with Crippen molar-refractivity contribution in [1.29, 1.82) is 0 Å². The van der Waals surface area contributed by atoms with Crippen LogP contribution < -0.4 is 5.32 Å². The zero-order valence-electron chi connectivity index (χ0n) is 12.7.